The Bertz CT molecular complexity index is 1230. The number of hydrogen-bond donors (Lipinski definition) is 0. The molecule has 2 fully saturated rings. The molecule has 4 aromatic rings. The summed E-state index contributed by atoms with van der Waals surface area (Å²) >= 11 is 0. The van der Waals surface area contributed by atoms with Gasteiger partial charge in [0.05, 0.1) is 12.0 Å². The zero-order valence-corrected chi connectivity index (χ0v) is 23.2. The third-order valence-corrected chi connectivity index (χ3v) is 9.05. The standard InChI is InChI=1S/C37H42N2/c1-5-15-30(16-6-1)17-13-14-18-32(31-25-26-31)27-36-28-39(29-38-36)37(33-19-7-2-8-20-33,34-21-9-3-10-22-34)35-23-11-4-12-24-35/h2-4,7-12,19-24,27-31H,1,5-6,13-18,25-26H2/b32-27-. The number of allylic oxidation sites excluding steroid dienone is 1. The summed E-state index contributed by atoms with van der Waals surface area (Å²) in [5, 5.41) is 0. The summed E-state index contributed by atoms with van der Waals surface area (Å²) in [6.07, 6.45) is 22.1. The Labute approximate surface area is 234 Å². The molecule has 0 atom stereocenters. The van der Waals surface area contributed by atoms with Crippen molar-refractivity contribution in [1.29, 1.82) is 0 Å². The molecule has 1 heterocycles. The van der Waals surface area contributed by atoms with Crippen LogP contribution in [0, 0.1) is 11.8 Å². The first kappa shape index (κ1) is 25.9. The molecule has 6 rings (SSSR count). The number of nitrogens with zero attached hydrogens (tertiary/aromatic N) is 2. The van der Waals surface area contributed by atoms with Crippen molar-refractivity contribution in [1.82, 2.24) is 9.55 Å². The van der Waals surface area contributed by atoms with Crippen LogP contribution in [-0.4, -0.2) is 9.55 Å². The molecule has 0 radical (unpaired) electrons. The fraction of sp³-hybridized carbons (Fsp3) is 0.378. The Balaban J connectivity index is 1.32. The van der Waals surface area contributed by atoms with Gasteiger partial charge in [0.2, 0.25) is 0 Å². The summed E-state index contributed by atoms with van der Waals surface area (Å²) in [7, 11) is 0. The van der Waals surface area contributed by atoms with Crippen LogP contribution in [0.15, 0.2) is 109 Å². The molecule has 0 bridgehead atoms. The Kier molecular flexibility index (Phi) is 8.09. The van der Waals surface area contributed by atoms with Crippen LogP contribution in [0.4, 0.5) is 0 Å². The minimum absolute atomic E-state index is 0.497. The van der Waals surface area contributed by atoms with Crippen molar-refractivity contribution in [2.45, 2.75) is 76.2 Å². The van der Waals surface area contributed by atoms with Crippen LogP contribution in [0.1, 0.15) is 93.0 Å². The maximum Gasteiger partial charge on any atom is 0.121 e. The summed E-state index contributed by atoms with van der Waals surface area (Å²) in [6, 6.07) is 32.7. The van der Waals surface area contributed by atoms with E-state index in [4.69, 9.17) is 4.98 Å². The van der Waals surface area contributed by atoms with Crippen molar-refractivity contribution >= 4 is 6.08 Å². The van der Waals surface area contributed by atoms with Crippen molar-refractivity contribution in [3.05, 3.63) is 131 Å². The van der Waals surface area contributed by atoms with Crippen LogP contribution in [0.2, 0.25) is 0 Å². The second-order valence-corrected chi connectivity index (χ2v) is 11.8. The third kappa shape index (κ3) is 5.81. The first-order valence-corrected chi connectivity index (χ1v) is 15.3. The van der Waals surface area contributed by atoms with Crippen LogP contribution in [-0.2, 0) is 5.54 Å². The van der Waals surface area contributed by atoms with Gasteiger partial charge >= 0.3 is 0 Å². The average Bonchev–Trinajstić information content (AvgIpc) is 3.76. The highest BCUT2D eigenvalue weighted by atomic mass is 15.1. The van der Waals surface area contributed by atoms with Crippen molar-refractivity contribution in [2.75, 3.05) is 0 Å². The van der Waals surface area contributed by atoms with E-state index in [2.05, 4.69) is 108 Å². The van der Waals surface area contributed by atoms with E-state index in [0.717, 1.165) is 17.5 Å². The number of imidazole rings is 1. The van der Waals surface area contributed by atoms with Crippen LogP contribution >= 0.6 is 0 Å². The molecule has 0 N–H and O–H groups in total. The normalized spacial score (nSPS) is 16.9. The third-order valence-electron chi connectivity index (χ3n) is 9.05. The Hall–Kier alpha value is -3.39. The molecular weight excluding hydrogens is 472 g/mol. The smallest absolute Gasteiger partial charge is 0.121 e. The lowest BCUT2D eigenvalue weighted by Crippen LogP contribution is -2.36. The van der Waals surface area contributed by atoms with E-state index in [1.54, 1.807) is 5.57 Å². The number of benzene rings is 3. The van der Waals surface area contributed by atoms with Crippen molar-refractivity contribution in [3.63, 3.8) is 0 Å². The van der Waals surface area contributed by atoms with E-state index in [9.17, 15) is 0 Å². The second-order valence-electron chi connectivity index (χ2n) is 11.8. The topological polar surface area (TPSA) is 17.8 Å². The van der Waals surface area contributed by atoms with Gasteiger partial charge < -0.3 is 4.57 Å². The predicted octanol–water partition coefficient (Wildman–Crippen LogP) is 9.66. The molecule has 2 nitrogen and oxygen atoms in total. The zero-order valence-electron chi connectivity index (χ0n) is 23.2. The fourth-order valence-electron chi connectivity index (χ4n) is 6.86. The molecule has 0 amide bonds. The van der Waals surface area contributed by atoms with Crippen LogP contribution in [0.25, 0.3) is 6.08 Å². The lowest BCUT2D eigenvalue weighted by Gasteiger charge is -2.37. The van der Waals surface area contributed by atoms with Gasteiger partial charge in [0.25, 0.3) is 0 Å². The van der Waals surface area contributed by atoms with E-state index >= 15 is 0 Å². The molecule has 2 aliphatic rings. The van der Waals surface area contributed by atoms with Crippen molar-refractivity contribution in [2.24, 2.45) is 11.8 Å². The SMILES string of the molecule is C(=C(\CCCCC1CCCCC1)C1CC1)/c1cn(C(c2ccccc2)(c2ccccc2)c2ccccc2)cn1. The Morgan fingerprint density at radius 3 is 1.82 bits per heavy atom. The van der Waals surface area contributed by atoms with E-state index in [-0.39, 0.29) is 0 Å². The van der Waals surface area contributed by atoms with Crippen molar-refractivity contribution in [3.8, 4) is 0 Å². The molecule has 3 aromatic carbocycles. The highest BCUT2D eigenvalue weighted by molar-refractivity contribution is 5.54. The first-order chi connectivity index (χ1) is 19.3. The number of aromatic nitrogens is 2. The largest absolute Gasteiger partial charge is 0.318 e. The summed E-state index contributed by atoms with van der Waals surface area (Å²) in [5.74, 6) is 1.76. The highest BCUT2D eigenvalue weighted by Crippen LogP contribution is 2.42. The molecule has 0 spiro atoms. The summed E-state index contributed by atoms with van der Waals surface area (Å²) in [6.45, 7) is 0. The van der Waals surface area contributed by atoms with Gasteiger partial charge in [-0.1, -0.05) is 142 Å². The molecule has 0 aliphatic heterocycles. The van der Waals surface area contributed by atoms with Gasteiger partial charge in [0.1, 0.15) is 5.54 Å². The van der Waals surface area contributed by atoms with E-state index in [1.807, 2.05) is 6.33 Å². The van der Waals surface area contributed by atoms with E-state index in [0.29, 0.717) is 0 Å². The quantitative estimate of drug-likeness (QED) is 0.144. The molecule has 2 heteroatoms. The van der Waals surface area contributed by atoms with E-state index in [1.165, 1.54) is 87.3 Å². The number of rotatable bonds is 11. The monoisotopic (exact) mass is 514 g/mol. The zero-order chi connectivity index (χ0) is 26.3. The summed E-state index contributed by atoms with van der Waals surface area (Å²) < 4.78 is 2.34. The molecule has 0 unspecified atom stereocenters. The fourth-order valence-corrected chi connectivity index (χ4v) is 6.86. The molecule has 39 heavy (non-hydrogen) atoms. The lowest BCUT2D eigenvalue weighted by atomic mass is 9.77. The van der Waals surface area contributed by atoms with Gasteiger partial charge in [-0.2, -0.15) is 0 Å². The minimum Gasteiger partial charge on any atom is -0.318 e. The maximum absolute atomic E-state index is 5.00. The summed E-state index contributed by atoms with van der Waals surface area (Å²) in [4.78, 5) is 5.00. The number of unbranched alkanes of at least 4 members (excludes halogenated alkanes) is 1. The number of hydrogen-bond acceptors (Lipinski definition) is 1. The van der Waals surface area contributed by atoms with Crippen molar-refractivity contribution < 1.29 is 0 Å². The van der Waals surface area contributed by atoms with Gasteiger partial charge in [0.15, 0.2) is 0 Å². The Morgan fingerprint density at radius 1 is 0.718 bits per heavy atom. The second kappa shape index (κ2) is 12.2. The van der Waals surface area contributed by atoms with Gasteiger partial charge in [-0.05, 0) is 60.3 Å². The molecule has 1 aromatic heterocycles. The van der Waals surface area contributed by atoms with Gasteiger partial charge in [-0.3, -0.25) is 0 Å². The van der Waals surface area contributed by atoms with Crippen LogP contribution in [0.3, 0.4) is 0 Å². The van der Waals surface area contributed by atoms with E-state index < -0.39 is 5.54 Å². The van der Waals surface area contributed by atoms with Gasteiger partial charge in [-0.25, -0.2) is 4.98 Å². The highest BCUT2D eigenvalue weighted by Gasteiger charge is 2.38. The lowest BCUT2D eigenvalue weighted by molar-refractivity contribution is 0.329. The molecular formula is C37H42N2. The van der Waals surface area contributed by atoms with Gasteiger partial charge in [-0.15, -0.1) is 0 Å². The molecule has 2 saturated carbocycles. The van der Waals surface area contributed by atoms with Crippen LogP contribution < -0.4 is 0 Å². The maximum atomic E-state index is 5.00. The van der Waals surface area contributed by atoms with Crippen LogP contribution in [0.5, 0.6) is 0 Å². The summed E-state index contributed by atoms with van der Waals surface area (Å²) in [5.41, 5.74) is 5.91. The Morgan fingerprint density at radius 2 is 1.28 bits per heavy atom. The minimum atomic E-state index is -0.497. The first-order valence-electron chi connectivity index (χ1n) is 15.3. The molecule has 0 saturated heterocycles. The molecule has 200 valence electrons. The molecule has 2 aliphatic carbocycles. The van der Waals surface area contributed by atoms with Gasteiger partial charge in [0, 0.05) is 6.20 Å². The predicted molar refractivity (Wildman–Crippen MR) is 163 cm³/mol. The average molecular weight is 515 g/mol.